The maximum atomic E-state index is 11.2. The van der Waals surface area contributed by atoms with E-state index in [2.05, 4.69) is 6.58 Å². The zero-order valence-electron chi connectivity index (χ0n) is 8.22. The second-order valence-corrected chi connectivity index (χ2v) is 2.79. The molecule has 0 aliphatic heterocycles. The lowest BCUT2D eigenvalue weighted by atomic mass is 10.2. The van der Waals surface area contributed by atoms with E-state index in [9.17, 15) is 9.59 Å². The molecule has 0 aromatic heterocycles. The summed E-state index contributed by atoms with van der Waals surface area (Å²) in [4.78, 5) is 22.0. The van der Waals surface area contributed by atoms with Gasteiger partial charge in [-0.05, 0) is 26.3 Å². The molecule has 0 aliphatic carbocycles. The molecule has 0 aromatic rings. The molecule has 0 unspecified atom stereocenters. The molecule has 0 amide bonds. The van der Waals surface area contributed by atoms with Crippen LogP contribution in [0.1, 0.15) is 20.8 Å². The number of ether oxygens (including phenoxy) is 1. The standard InChI is InChI=1S/C10H14O3/c1-5-9(8(4)11)10(12)13-6-7(2)3/h5H,2,6H2,1,3-4H3. The summed E-state index contributed by atoms with van der Waals surface area (Å²) in [6.07, 6.45) is 1.45. The van der Waals surface area contributed by atoms with Crippen LogP contribution in [0.2, 0.25) is 0 Å². The molecule has 0 heterocycles. The smallest absolute Gasteiger partial charge is 0.341 e. The Morgan fingerprint density at radius 3 is 2.23 bits per heavy atom. The summed E-state index contributed by atoms with van der Waals surface area (Å²) in [5.41, 5.74) is 0.827. The molecular weight excluding hydrogens is 168 g/mol. The average Bonchev–Trinajstić information content (AvgIpc) is 2.01. The van der Waals surface area contributed by atoms with Gasteiger partial charge in [0.15, 0.2) is 5.78 Å². The van der Waals surface area contributed by atoms with Gasteiger partial charge in [-0.15, -0.1) is 0 Å². The van der Waals surface area contributed by atoms with Crippen molar-refractivity contribution in [3.8, 4) is 0 Å². The normalized spacial score (nSPS) is 10.8. The molecule has 0 spiro atoms. The van der Waals surface area contributed by atoms with Crippen molar-refractivity contribution in [1.82, 2.24) is 0 Å². The lowest BCUT2D eigenvalue weighted by molar-refractivity contribution is -0.139. The Morgan fingerprint density at radius 2 is 1.92 bits per heavy atom. The van der Waals surface area contributed by atoms with Crippen molar-refractivity contribution >= 4 is 11.8 Å². The maximum Gasteiger partial charge on any atom is 0.341 e. The van der Waals surface area contributed by atoms with Gasteiger partial charge in [0.1, 0.15) is 6.61 Å². The number of ketones is 1. The van der Waals surface area contributed by atoms with Gasteiger partial charge in [0.05, 0.1) is 5.57 Å². The minimum atomic E-state index is -0.585. The number of Topliss-reactive ketones (excluding diaryl/α,β-unsaturated/α-hetero) is 1. The first-order valence-electron chi connectivity index (χ1n) is 3.97. The number of carbonyl (C=O) groups is 2. The first kappa shape index (κ1) is 11.6. The van der Waals surface area contributed by atoms with E-state index in [4.69, 9.17) is 4.74 Å². The third-order valence-electron chi connectivity index (χ3n) is 1.34. The summed E-state index contributed by atoms with van der Waals surface area (Å²) in [6, 6.07) is 0. The molecule has 0 atom stereocenters. The fraction of sp³-hybridized carbons (Fsp3) is 0.400. The Labute approximate surface area is 78.1 Å². The number of rotatable bonds is 4. The number of hydrogen-bond acceptors (Lipinski definition) is 3. The summed E-state index contributed by atoms with van der Waals surface area (Å²) in [5, 5.41) is 0. The zero-order chi connectivity index (χ0) is 10.4. The molecule has 0 radical (unpaired) electrons. The SMILES string of the molecule is C=C(C)COC(=O)C(=CC)C(C)=O. The van der Waals surface area contributed by atoms with Crippen LogP contribution in [0.3, 0.4) is 0 Å². The molecule has 0 N–H and O–H groups in total. The van der Waals surface area contributed by atoms with E-state index >= 15 is 0 Å². The highest BCUT2D eigenvalue weighted by molar-refractivity contribution is 6.16. The highest BCUT2D eigenvalue weighted by Gasteiger charge is 2.13. The molecule has 72 valence electrons. The lowest BCUT2D eigenvalue weighted by Crippen LogP contribution is -2.14. The third kappa shape index (κ3) is 4.25. The number of allylic oxidation sites excluding steroid dienone is 1. The van der Waals surface area contributed by atoms with E-state index < -0.39 is 5.97 Å². The van der Waals surface area contributed by atoms with Gasteiger partial charge in [-0.3, -0.25) is 4.79 Å². The first-order chi connectivity index (χ1) is 5.99. The Kier molecular flexibility index (Phi) is 4.74. The first-order valence-corrected chi connectivity index (χ1v) is 3.97. The minimum absolute atomic E-state index is 0.0845. The van der Waals surface area contributed by atoms with Crippen molar-refractivity contribution in [2.24, 2.45) is 0 Å². The summed E-state index contributed by atoms with van der Waals surface area (Å²) >= 11 is 0. The Morgan fingerprint density at radius 1 is 1.38 bits per heavy atom. The largest absolute Gasteiger partial charge is 0.458 e. The monoisotopic (exact) mass is 182 g/mol. The molecule has 0 bridgehead atoms. The van der Waals surface area contributed by atoms with Gasteiger partial charge in [0.2, 0.25) is 0 Å². The van der Waals surface area contributed by atoms with Crippen LogP contribution < -0.4 is 0 Å². The van der Waals surface area contributed by atoms with Crippen molar-refractivity contribution in [2.75, 3.05) is 6.61 Å². The molecule has 0 aromatic carbocycles. The molecule has 0 rings (SSSR count). The van der Waals surface area contributed by atoms with Crippen LogP contribution in [-0.2, 0) is 14.3 Å². The second kappa shape index (κ2) is 5.30. The third-order valence-corrected chi connectivity index (χ3v) is 1.34. The zero-order valence-corrected chi connectivity index (χ0v) is 8.22. The summed E-state index contributed by atoms with van der Waals surface area (Å²) in [6.45, 7) is 8.43. The maximum absolute atomic E-state index is 11.2. The van der Waals surface area contributed by atoms with Gasteiger partial charge in [0, 0.05) is 0 Å². The number of hydrogen-bond donors (Lipinski definition) is 0. The quantitative estimate of drug-likeness (QED) is 0.218. The van der Waals surface area contributed by atoms with Crippen LogP contribution >= 0.6 is 0 Å². The van der Waals surface area contributed by atoms with Gasteiger partial charge in [0.25, 0.3) is 0 Å². The molecular formula is C10H14O3. The van der Waals surface area contributed by atoms with Crippen molar-refractivity contribution in [3.05, 3.63) is 23.8 Å². The Hall–Kier alpha value is -1.38. The van der Waals surface area contributed by atoms with E-state index in [1.807, 2.05) is 0 Å². The van der Waals surface area contributed by atoms with Gasteiger partial charge >= 0.3 is 5.97 Å². The summed E-state index contributed by atoms with van der Waals surface area (Å²) in [7, 11) is 0. The van der Waals surface area contributed by atoms with Gasteiger partial charge in [-0.25, -0.2) is 4.79 Å². The number of esters is 1. The van der Waals surface area contributed by atoms with E-state index in [1.165, 1.54) is 13.0 Å². The average molecular weight is 182 g/mol. The van der Waals surface area contributed by atoms with Crippen molar-refractivity contribution < 1.29 is 14.3 Å². The predicted molar refractivity (Wildman–Crippen MR) is 50.2 cm³/mol. The van der Waals surface area contributed by atoms with Crippen LogP contribution in [0.25, 0.3) is 0 Å². The predicted octanol–water partition coefficient (Wildman–Crippen LogP) is 1.64. The van der Waals surface area contributed by atoms with Gasteiger partial charge in [-0.1, -0.05) is 12.7 Å². The van der Waals surface area contributed by atoms with E-state index in [1.54, 1.807) is 13.8 Å². The Balaban J connectivity index is 4.25. The highest BCUT2D eigenvalue weighted by Crippen LogP contribution is 2.01. The lowest BCUT2D eigenvalue weighted by Gasteiger charge is -2.04. The van der Waals surface area contributed by atoms with E-state index in [-0.39, 0.29) is 18.0 Å². The van der Waals surface area contributed by atoms with Crippen LogP contribution in [0, 0.1) is 0 Å². The van der Waals surface area contributed by atoms with Crippen molar-refractivity contribution in [1.29, 1.82) is 0 Å². The van der Waals surface area contributed by atoms with Crippen LogP contribution in [0.15, 0.2) is 23.8 Å². The van der Waals surface area contributed by atoms with E-state index in [0.717, 1.165) is 5.57 Å². The van der Waals surface area contributed by atoms with Crippen molar-refractivity contribution in [3.63, 3.8) is 0 Å². The van der Waals surface area contributed by atoms with Crippen LogP contribution in [0.4, 0.5) is 0 Å². The molecule has 0 saturated carbocycles. The fourth-order valence-electron chi connectivity index (χ4n) is 0.731. The second-order valence-electron chi connectivity index (χ2n) is 2.79. The minimum Gasteiger partial charge on any atom is -0.458 e. The molecule has 13 heavy (non-hydrogen) atoms. The van der Waals surface area contributed by atoms with Gasteiger partial charge < -0.3 is 4.74 Å². The van der Waals surface area contributed by atoms with Crippen LogP contribution in [0.5, 0.6) is 0 Å². The van der Waals surface area contributed by atoms with Crippen molar-refractivity contribution in [2.45, 2.75) is 20.8 Å². The van der Waals surface area contributed by atoms with Crippen LogP contribution in [-0.4, -0.2) is 18.4 Å². The molecule has 0 fully saturated rings. The number of carbonyl (C=O) groups excluding carboxylic acids is 2. The van der Waals surface area contributed by atoms with E-state index in [0.29, 0.717) is 0 Å². The Bertz CT molecular complexity index is 261. The molecule has 3 heteroatoms. The summed E-state index contributed by atoms with van der Waals surface area (Å²) in [5.74, 6) is -0.868. The molecule has 0 saturated heterocycles. The van der Waals surface area contributed by atoms with Gasteiger partial charge in [-0.2, -0.15) is 0 Å². The summed E-state index contributed by atoms with van der Waals surface area (Å²) < 4.78 is 4.79. The molecule has 0 aliphatic rings. The fourth-order valence-corrected chi connectivity index (χ4v) is 0.731. The topological polar surface area (TPSA) is 43.4 Å². The molecule has 3 nitrogen and oxygen atoms in total. The highest BCUT2D eigenvalue weighted by atomic mass is 16.5.